The first-order chi connectivity index (χ1) is 25.4. The van der Waals surface area contributed by atoms with E-state index in [1.807, 2.05) is 12.1 Å². The highest BCUT2D eigenvalue weighted by molar-refractivity contribution is 5.78. The molecule has 0 fully saturated rings. The molecule has 0 radical (unpaired) electrons. The second-order valence-corrected chi connectivity index (χ2v) is 14.1. The predicted molar refractivity (Wildman–Crippen MR) is 209 cm³/mol. The van der Waals surface area contributed by atoms with E-state index in [-0.39, 0.29) is 23.1 Å². The standard InChI is InChI=1S/C46H51FN2O3/c1-51-44-32-36-26-30-49(43(42(36)33-45(44)52-2)31-35-18-23-40(48)24-19-35)29-10-28-46(37-11-5-3-6-12-37,38-13-7-4-8-14-38)27-9-15-41(50)25-20-34-16-21-39(47)22-17-34/h3-8,11-14,16-19,21-24,32-33,43H,9-10,15,20,25-31,48H2,1-2H3. The molecule has 5 aromatic rings. The number of benzene rings is 5. The van der Waals surface area contributed by atoms with E-state index in [2.05, 4.69) is 89.8 Å². The Labute approximate surface area is 308 Å². The fourth-order valence-electron chi connectivity index (χ4n) is 8.08. The molecule has 2 N–H and O–H groups in total. The van der Waals surface area contributed by atoms with Crippen LogP contribution in [0.5, 0.6) is 11.5 Å². The number of anilines is 1. The molecule has 1 atom stereocenters. The normalized spacial score (nSPS) is 14.5. The average Bonchev–Trinajstić information content (AvgIpc) is 3.18. The first kappa shape index (κ1) is 36.8. The average molecular weight is 699 g/mol. The van der Waals surface area contributed by atoms with Crippen LogP contribution < -0.4 is 15.2 Å². The van der Waals surface area contributed by atoms with Crippen LogP contribution in [0.25, 0.3) is 0 Å². The molecule has 0 saturated carbocycles. The van der Waals surface area contributed by atoms with Crippen molar-refractivity contribution in [3.05, 3.63) is 161 Å². The topological polar surface area (TPSA) is 64.8 Å². The van der Waals surface area contributed by atoms with Crippen LogP contribution >= 0.6 is 0 Å². The van der Waals surface area contributed by atoms with Gasteiger partial charge in [-0.05, 0) is 121 Å². The van der Waals surface area contributed by atoms with Crippen LogP contribution in [0.3, 0.4) is 0 Å². The van der Waals surface area contributed by atoms with E-state index >= 15 is 0 Å². The molecule has 0 spiro atoms. The van der Waals surface area contributed by atoms with Crippen molar-refractivity contribution in [1.29, 1.82) is 0 Å². The minimum Gasteiger partial charge on any atom is -0.493 e. The number of aryl methyl sites for hydroxylation is 1. The summed E-state index contributed by atoms with van der Waals surface area (Å²) in [6.07, 6.45) is 7.05. The summed E-state index contributed by atoms with van der Waals surface area (Å²) < 4.78 is 24.8. The summed E-state index contributed by atoms with van der Waals surface area (Å²) in [6.45, 7) is 1.89. The van der Waals surface area contributed by atoms with Crippen LogP contribution in [-0.4, -0.2) is 38.0 Å². The van der Waals surface area contributed by atoms with Gasteiger partial charge in [0.1, 0.15) is 11.6 Å². The lowest BCUT2D eigenvalue weighted by Gasteiger charge is -2.40. The number of carbonyl (C=O) groups is 1. The van der Waals surface area contributed by atoms with Crippen LogP contribution in [0.15, 0.2) is 121 Å². The monoisotopic (exact) mass is 698 g/mol. The summed E-state index contributed by atoms with van der Waals surface area (Å²) in [5, 5.41) is 0. The Morgan fingerprint density at radius 2 is 1.37 bits per heavy atom. The zero-order chi connectivity index (χ0) is 36.3. The number of ether oxygens (including phenoxy) is 2. The van der Waals surface area contributed by atoms with Gasteiger partial charge in [-0.3, -0.25) is 9.69 Å². The highest BCUT2D eigenvalue weighted by atomic mass is 19.1. The maximum Gasteiger partial charge on any atom is 0.161 e. The lowest BCUT2D eigenvalue weighted by molar-refractivity contribution is -0.119. The summed E-state index contributed by atoms with van der Waals surface area (Å²) in [7, 11) is 3.40. The molecule has 1 unspecified atom stereocenters. The zero-order valence-electron chi connectivity index (χ0n) is 30.5. The van der Waals surface area contributed by atoms with Crippen molar-refractivity contribution in [2.45, 2.75) is 69.2 Å². The van der Waals surface area contributed by atoms with E-state index < -0.39 is 0 Å². The Balaban J connectivity index is 1.23. The number of carbonyl (C=O) groups excluding carboxylic acids is 1. The van der Waals surface area contributed by atoms with Crippen molar-refractivity contribution in [2.75, 3.05) is 33.0 Å². The van der Waals surface area contributed by atoms with Gasteiger partial charge in [-0.1, -0.05) is 84.9 Å². The highest BCUT2D eigenvalue weighted by Crippen LogP contribution is 2.43. The molecular weight excluding hydrogens is 648 g/mol. The van der Waals surface area contributed by atoms with Crippen LogP contribution in [0.4, 0.5) is 10.1 Å². The van der Waals surface area contributed by atoms with Gasteiger partial charge in [0, 0.05) is 36.5 Å². The molecule has 1 aliphatic rings. The molecule has 5 aromatic carbocycles. The lowest BCUT2D eigenvalue weighted by Crippen LogP contribution is -2.38. The molecule has 0 aliphatic carbocycles. The van der Waals surface area contributed by atoms with Crippen molar-refractivity contribution in [3.8, 4) is 11.5 Å². The summed E-state index contributed by atoms with van der Waals surface area (Å²) in [5.41, 5.74) is 14.0. The third kappa shape index (κ3) is 8.91. The van der Waals surface area contributed by atoms with Crippen LogP contribution in [-0.2, 0) is 29.5 Å². The Morgan fingerprint density at radius 3 is 2.00 bits per heavy atom. The van der Waals surface area contributed by atoms with E-state index in [4.69, 9.17) is 15.2 Å². The second-order valence-electron chi connectivity index (χ2n) is 14.1. The van der Waals surface area contributed by atoms with Gasteiger partial charge in [-0.15, -0.1) is 0 Å². The van der Waals surface area contributed by atoms with E-state index in [9.17, 15) is 9.18 Å². The molecule has 52 heavy (non-hydrogen) atoms. The van der Waals surface area contributed by atoms with Gasteiger partial charge in [0.05, 0.1) is 14.2 Å². The maximum atomic E-state index is 13.4. The van der Waals surface area contributed by atoms with Gasteiger partial charge in [-0.2, -0.15) is 0 Å². The van der Waals surface area contributed by atoms with Crippen LogP contribution in [0, 0.1) is 5.82 Å². The first-order valence-corrected chi connectivity index (χ1v) is 18.6. The Hall–Kier alpha value is -4.94. The third-order valence-electron chi connectivity index (χ3n) is 10.9. The number of nitrogen functional groups attached to an aromatic ring is 1. The number of nitrogens with zero attached hydrogens (tertiary/aromatic N) is 1. The summed E-state index contributed by atoms with van der Waals surface area (Å²) in [4.78, 5) is 15.8. The number of hydrogen-bond donors (Lipinski definition) is 1. The number of Topliss-reactive ketones (excluding diaryl/α,β-unsaturated/α-hetero) is 1. The molecule has 6 heteroatoms. The Kier molecular flexibility index (Phi) is 12.4. The first-order valence-electron chi connectivity index (χ1n) is 18.6. The number of rotatable bonds is 17. The largest absolute Gasteiger partial charge is 0.493 e. The van der Waals surface area contributed by atoms with Gasteiger partial charge >= 0.3 is 0 Å². The molecule has 1 heterocycles. The number of nitrogens with two attached hydrogens (primary N) is 1. The van der Waals surface area contributed by atoms with E-state index in [1.165, 1.54) is 39.9 Å². The van der Waals surface area contributed by atoms with E-state index in [0.717, 1.165) is 74.4 Å². The smallest absolute Gasteiger partial charge is 0.161 e. The van der Waals surface area contributed by atoms with Crippen molar-refractivity contribution < 1.29 is 18.7 Å². The van der Waals surface area contributed by atoms with Gasteiger partial charge < -0.3 is 15.2 Å². The summed E-state index contributed by atoms with van der Waals surface area (Å²) in [6, 6.07) is 40.9. The number of halogens is 1. The summed E-state index contributed by atoms with van der Waals surface area (Å²) >= 11 is 0. The molecule has 0 saturated heterocycles. The van der Waals surface area contributed by atoms with Gasteiger partial charge in [0.2, 0.25) is 0 Å². The third-order valence-corrected chi connectivity index (χ3v) is 10.9. The minimum atomic E-state index is -0.253. The van der Waals surface area contributed by atoms with Crippen molar-refractivity contribution in [3.63, 3.8) is 0 Å². The highest BCUT2D eigenvalue weighted by Gasteiger charge is 2.35. The molecular formula is C46H51FN2O3. The lowest BCUT2D eigenvalue weighted by atomic mass is 9.68. The summed E-state index contributed by atoms with van der Waals surface area (Å²) in [5.74, 6) is 1.52. The molecule has 0 aromatic heterocycles. The number of hydrogen-bond acceptors (Lipinski definition) is 5. The van der Waals surface area contributed by atoms with E-state index in [1.54, 1.807) is 26.4 Å². The predicted octanol–water partition coefficient (Wildman–Crippen LogP) is 9.71. The quantitative estimate of drug-likeness (QED) is 0.0980. The molecule has 0 amide bonds. The second kappa shape index (κ2) is 17.5. The van der Waals surface area contributed by atoms with Crippen molar-refractivity contribution >= 4 is 11.5 Å². The van der Waals surface area contributed by atoms with Crippen LogP contribution in [0.2, 0.25) is 0 Å². The molecule has 270 valence electrons. The molecule has 1 aliphatic heterocycles. The van der Waals surface area contributed by atoms with Gasteiger partial charge in [-0.25, -0.2) is 4.39 Å². The van der Waals surface area contributed by atoms with E-state index in [0.29, 0.717) is 19.3 Å². The van der Waals surface area contributed by atoms with Gasteiger partial charge in [0.15, 0.2) is 11.5 Å². The van der Waals surface area contributed by atoms with Crippen molar-refractivity contribution in [2.24, 2.45) is 0 Å². The van der Waals surface area contributed by atoms with Gasteiger partial charge in [0.25, 0.3) is 0 Å². The molecule has 6 rings (SSSR count). The SMILES string of the molecule is COc1cc2c(cc1OC)C(Cc1ccc(N)cc1)N(CCCC(CCCC(=O)CCc1ccc(F)cc1)(c1ccccc1)c1ccccc1)CC2. The minimum absolute atomic E-state index is 0.175. The maximum absolute atomic E-state index is 13.4. The number of ketones is 1. The van der Waals surface area contributed by atoms with Crippen LogP contribution in [0.1, 0.15) is 77.9 Å². The molecule has 0 bridgehead atoms. The Bertz CT molecular complexity index is 1840. The fourth-order valence-corrected chi connectivity index (χ4v) is 8.08. The van der Waals surface area contributed by atoms with Crippen molar-refractivity contribution in [1.82, 2.24) is 4.90 Å². The zero-order valence-corrected chi connectivity index (χ0v) is 30.5. The number of methoxy groups -OCH3 is 2. The Morgan fingerprint density at radius 1 is 0.769 bits per heavy atom. The number of fused-ring (bicyclic) bond motifs is 1. The fraction of sp³-hybridized carbons (Fsp3) is 0.326. The molecule has 5 nitrogen and oxygen atoms in total.